The zero-order valence-electron chi connectivity index (χ0n) is 12.3. The van der Waals surface area contributed by atoms with Crippen LogP contribution < -0.4 is 0 Å². The minimum Gasteiger partial charge on any atom is -0.391 e. The van der Waals surface area contributed by atoms with Gasteiger partial charge in [-0.2, -0.15) is 0 Å². The third kappa shape index (κ3) is 4.20. The normalized spacial score (nSPS) is 32.3. The Balaban J connectivity index is 1.75. The fourth-order valence-corrected chi connectivity index (χ4v) is 3.60. The quantitative estimate of drug-likeness (QED) is 0.850. The van der Waals surface area contributed by atoms with Crippen molar-refractivity contribution in [1.82, 2.24) is 4.90 Å². The highest BCUT2D eigenvalue weighted by Crippen LogP contribution is 2.33. The molecule has 2 aliphatic rings. The highest BCUT2D eigenvalue weighted by molar-refractivity contribution is 5.79. The Hall–Kier alpha value is -0.570. The number of rotatable bonds is 4. The number of likely N-dealkylation sites (tertiary alicyclic amines) is 1. The number of unbranched alkanes of at least 4 members (excludes halogenated alkanes) is 1. The molecule has 1 N–H and O–H groups in total. The average Bonchev–Trinajstić information content (AvgIpc) is 2.45. The number of nitrogens with zero attached hydrogens (tertiary/aromatic N) is 1. The second kappa shape index (κ2) is 7.28. The summed E-state index contributed by atoms with van der Waals surface area (Å²) >= 11 is 0. The average molecular weight is 267 g/mol. The number of hydrogen-bond donors (Lipinski definition) is 1. The van der Waals surface area contributed by atoms with Crippen LogP contribution in [0.2, 0.25) is 0 Å². The number of carbonyl (C=O) groups is 1. The highest BCUT2D eigenvalue weighted by atomic mass is 16.3. The zero-order chi connectivity index (χ0) is 13.7. The lowest BCUT2D eigenvalue weighted by Gasteiger charge is -2.35. The van der Waals surface area contributed by atoms with Crippen LogP contribution in [-0.2, 0) is 4.79 Å². The standard InChI is InChI=1S/C16H29NO2/c1-2-3-5-13-7-9-14(10-8-13)16(19)17-11-4-6-15(18)12-17/h13-15,18H,2-12H2,1H3/t13?,14?,15-/m0/s1. The second-order valence-corrected chi connectivity index (χ2v) is 6.44. The lowest BCUT2D eigenvalue weighted by molar-refractivity contribution is -0.140. The molecule has 0 spiro atoms. The molecule has 110 valence electrons. The van der Waals surface area contributed by atoms with E-state index in [0.717, 1.165) is 38.1 Å². The molecule has 1 heterocycles. The largest absolute Gasteiger partial charge is 0.391 e. The van der Waals surface area contributed by atoms with E-state index in [1.54, 1.807) is 0 Å². The summed E-state index contributed by atoms with van der Waals surface area (Å²) < 4.78 is 0. The lowest BCUT2D eigenvalue weighted by atomic mass is 9.79. The van der Waals surface area contributed by atoms with E-state index in [1.807, 2.05) is 4.90 Å². The van der Waals surface area contributed by atoms with Crippen LogP contribution in [0.15, 0.2) is 0 Å². The summed E-state index contributed by atoms with van der Waals surface area (Å²) in [5.74, 6) is 1.41. The summed E-state index contributed by atoms with van der Waals surface area (Å²) in [6.45, 7) is 3.66. The van der Waals surface area contributed by atoms with Crippen LogP contribution >= 0.6 is 0 Å². The molecule has 1 saturated heterocycles. The zero-order valence-corrected chi connectivity index (χ0v) is 12.3. The molecule has 19 heavy (non-hydrogen) atoms. The first-order valence-corrected chi connectivity index (χ1v) is 8.17. The Labute approximate surface area is 117 Å². The fourth-order valence-electron chi connectivity index (χ4n) is 3.60. The summed E-state index contributed by atoms with van der Waals surface area (Å²) in [6.07, 6.45) is 10.1. The van der Waals surface area contributed by atoms with Crippen molar-refractivity contribution >= 4 is 5.91 Å². The van der Waals surface area contributed by atoms with Gasteiger partial charge in [0.2, 0.25) is 5.91 Å². The first-order chi connectivity index (χ1) is 9.20. The topological polar surface area (TPSA) is 40.5 Å². The maximum Gasteiger partial charge on any atom is 0.225 e. The second-order valence-electron chi connectivity index (χ2n) is 6.44. The molecule has 1 amide bonds. The van der Waals surface area contributed by atoms with Crippen molar-refractivity contribution in [2.75, 3.05) is 13.1 Å². The van der Waals surface area contributed by atoms with Gasteiger partial charge in [-0.1, -0.05) is 26.2 Å². The maximum absolute atomic E-state index is 12.4. The first kappa shape index (κ1) is 14.8. The Morgan fingerprint density at radius 1 is 1.21 bits per heavy atom. The molecule has 0 bridgehead atoms. The van der Waals surface area contributed by atoms with Gasteiger partial charge >= 0.3 is 0 Å². The van der Waals surface area contributed by atoms with Gasteiger partial charge in [0.25, 0.3) is 0 Å². The van der Waals surface area contributed by atoms with Gasteiger partial charge in [0, 0.05) is 19.0 Å². The third-order valence-corrected chi connectivity index (χ3v) is 4.87. The third-order valence-electron chi connectivity index (χ3n) is 4.87. The van der Waals surface area contributed by atoms with Crippen molar-refractivity contribution in [3.63, 3.8) is 0 Å². The monoisotopic (exact) mass is 267 g/mol. The van der Waals surface area contributed by atoms with Crippen molar-refractivity contribution in [2.24, 2.45) is 11.8 Å². The van der Waals surface area contributed by atoms with Crippen LogP contribution in [0.1, 0.15) is 64.7 Å². The Kier molecular flexibility index (Phi) is 5.68. The van der Waals surface area contributed by atoms with E-state index >= 15 is 0 Å². The molecule has 1 atom stereocenters. The summed E-state index contributed by atoms with van der Waals surface area (Å²) in [7, 11) is 0. The van der Waals surface area contributed by atoms with Crippen molar-refractivity contribution in [2.45, 2.75) is 70.8 Å². The van der Waals surface area contributed by atoms with E-state index in [9.17, 15) is 9.90 Å². The molecule has 1 aliphatic heterocycles. The van der Waals surface area contributed by atoms with Gasteiger partial charge in [-0.05, 0) is 44.4 Å². The Morgan fingerprint density at radius 2 is 1.95 bits per heavy atom. The van der Waals surface area contributed by atoms with E-state index in [-0.39, 0.29) is 12.0 Å². The molecule has 2 fully saturated rings. The summed E-state index contributed by atoms with van der Waals surface area (Å²) in [5.41, 5.74) is 0. The van der Waals surface area contributed by atoms with Crippen LogP contribution in [0.5, 0.6) is 0 Å². The lowest BCUT2D eigenvalue weighted by Crippen LogP contribution is -2.45. The van der Waals surface area contributed by atoms with E-state index in [4.69, 9.17) is 0 Å². The first-order valence-electron chi connectivity index (χ1n) is 8.17. The molecular weight excluding hydrogens is 238 g/mol. The molecule has 0 aromatic heterocycles. The number of aliphatic hydroxyl groups excluding tert-OH is 1. The summed E-state index contributed by atoms with van der Waals surface area (Å²) in [4.78, 5) is 14.3. The van der Waals surface area contributed by atoms with Crippen molar-refractivity contribution < 1.29 is 9.90 Å². The van der Waals surface area contributed by atoms with E-state index in [1.165, 1.54) is 32.1 Å². The molecule has 1 saturated carbocycles. The van der Waals surface area contributed by atoms with Crippen molar-refractivity contribution in [1.29, 1.82) is 0 Å². The molecular formula is C16H29NO2. The van der Waals surface area contributed by atoms with Gasteiger partial charge in [0.1, 0.15) is 0 Å². The molecule has 0 aromatic rings. The van der Waals surface area contributed by atoms with Gasteiger partial charge in [-0.3, -0.25) is 4.79 Å². The van der Waals surface area contributed by atoms with Crippen LogP contribution in [0.4, 0.5) is 0 Å². The predicted octanol–water partition coefficient (Wildman–Crippen LogP) is 2.97. The van der Waals surface area contributed by atoms with Crippen molar-refractivity contribution in [3.8, 4) is 0 Å². The minimum atomic E-state index is -0.293. The number of aliphatic hydroxyl groups is 1. The summed E-state index contributed by atoms with van der Waals surface area (Å²) in [6, 6.07) is 0. The van der Waals surface area contributed by atoms with Gasteiger partial charge in [-0.15, -0.1) is 0 Å². The Bertz CT molecular complexity index is 284. The van der Waals surface area contributed by atoms with Crippen LogP contribution in [0, 0.1) is 11.8 Å². The SMILES string of the molecule is CCCCC1CCC(C(=O)N2CCC[C@H](O)C2)CC1. The molecule has 1 aliphatic carbocycles. The van der Waals surface area contributed by atoms with Crippen LogP contribution in [0.3, 0.4) is 0 Å². The van der Waals surface area contributed by atoms with Gasteiger partial charge in [0.05, 0.1) is 6.10 Å². The Morgan fingerprint density at radius 3 is 2.58 bits per heavy atom. The molecule has 3 heteroatoms. The maximum atomic E-state index is 12.4. The van der Waals surface area contributed by atoms with E-state index < -0.39 is 0 Å². The molecule has 3 nitrogen and oxygen atoms in total. The van der Waals surface area contributed by atoms with E-state index in [0.29, 0.717) is 12.5 Å². The fraction of sp³-hybridized carbons (Fsp3) is 0.938. The highest BCUT2D eigenvalue weighted by Gasteiger charge is 2.31. The number of hydrogen-bond acceptors (Lipinski definition) is 2. The predicted molar refractivity (Wildman–Crippen MR) is 76.8 cm³/mol. The minimum absolute atomic E-state index is 0.239. The number of carbonyl (C=O) groups excluding carboxylic acids is 1. The van der Waals surface area contributed by atoms with Gasteiger partial charge in [-0.25, -0.2) is 0 Å². The molecule has 2 rings (SSSR count). The van der Waals surface area contributed by atoms with Gasteiger partial charge in [0.15, 0.2) is 0 Å². The van der Waals surface area contributed by atoms with E-state index in [2.05, 4.69) is 6.92 Å². The number of amides is 1. The molecule has 0 radical (unpaired) electrons. The smallest absolute Gasteiger partial charge is 0.225 e. The summed E-state index contributed by atoms with van der Waals surface area (Å²) in [5, 5.41) is 9.67. The number of piperidine rings is 1. The van der Waals surface area contributed by atoms with Crippen LogP contribution in [-0.4, -0.2) is 35.1 Å². The van der Waals surface area contributed by atoms with Gasteiger partial charge < -0.3 is 10.0 Å². The molecule has 0 unspecified atom stereocenters. The van der Waals surface area contributed by atoms with Crippen molar-refractivity contribution in [3.05, 3.63) is 0 Å². The van der Waals surface area contributed by atoms with Crippen LogP contribution in [0.25, 0.3) is 0 Å². The number of β-amino-alcohol motifs (C(OH)–C–C–N with tert-alkyl or cyclic N) is 1. The molecule has 0 aromatic carbocycles.